The zero-order valence-electron chi connectivity index (χ0n) is 7.71. The minimum atomic E-state index is -3.54. The molecule has 6 nitrogen and oxygen atoms in total. The summed E-state index contributed by atoms with van der Waals surface area (Å²) in [4.78, 5) is 10.5. The predicted octanol–water partition coefficient (Wildman–Crippen LogP) is 0.0336. The zero-order chi connectivity index (χ0) is 11.8. The number of halogens is 1. The van der Waals surface area contributed by atoms with E-state index in [1.807, 2.05) is 0 Å². The highest BCUT2D eigenvalue weighted by atomic mass is 35.5. The third kappa shape index (κ3) is 2.49. The van der Waals surface area contributed by atoms with Gasteiger partial charge in [-0.25, -0.2) is 12.4 Å². The van der Waals surface area contributed by atoms with Crippen molar-refractivity contribution in [2.24, 2.45) is 5.73 Å². The molecule has 0 fully saturated rings. The molecule has 0 aromatic carbocycles. The van der Waals surface area contributed by atoms with E-state index in [2.05, 4.69) is 0 Å². The molecule has 0 saturated heterocycles. The molecule has 1 heterocycles. The minimum Gasteiger partial charge on any atom is -0.480 e. The van der Waals surface area contributed by atoms with Gasteiger partial charge in [-0.05, 0) is 6.07 Å². The smallest absolute Gasteiger partial charge is 0.325 e. The summed E-state index contributed by atoms with van der Waals surface area (Å²) in [5.41, 5.74) is 5.43. The maximum Gasteiger partial charge on any atom is 0.325 e. The van der Waals surface area contributed by atoms with Crippen LogP contribution in [0, 0.1) is 0 Å². The summed E-state index contributed by atoms with van der Waals surface area (Å²) in [7, 11) is -3.54. The molecule has 3 N–H and O–H groups in total. The number of hydrogen-bond donors (Lipinski definition) is 2. The number of nitrogens with two attached hydrogens (primary N) is 1. The molecule has 0 aliphatic rings. The first-order chi connectivity index (χ1) is 6.73. The maximum atomic E-state index is 11.1. The Morgan fingerprint density at radius 3 is 2.53 bits per heavy atom. The van der Waals surface area contributed by atoms with Crippen LogP contribution in [0.25, 0.3) is 0 Å². The molecule has 1 atom stereocenters. The summed E-state index contributed by atoms with van der Waals surface area (Å²) in [5, 5.41) is 8.52. The van der Waals surface area contributed by atoms with Gasteiger partial charge < -0.3 is 10.8 Å². The second-order valence-electron chi connectivity index (χ2n) is 2.97. The normalized spacial score (nSPS) is 13.8. The topological polar surface area (TPSA) is 102 Å². The molecule has 0 aliphatic heterocycles. The highest BCUT2D eigenvalue weighted by Crippen LogP contribution is 2.20. The number of aliphatic carboxylic acids is 1. The lowest BCUT2D eigenvalue weighted by Crippen LogP contribution is -2.20. The Bertz CT molecular complexity index is 493. The fourth-order valence-corrected chi connectivity index (χ4v) is 2.24. The number of carboxylic acid groups (broad SMARTS) is 1. The fourth-order valence-electron chi connectivity index (χ4n) is 1.00. The monoisotopic (exact) mass is 252 g/mol. The molecule has 0 aliphatic carbocycles. The van der Waals surface area contributed by atoms with Crippen molar-refractivity contribution < 1.29 is 18.3 Å². The van der Waals surface area contributed by atoms with Crippen molar-refractivity contribution in [1.29, 1.82) is 0 Å². The minimum absolute atomic E-state index is 0.0933. The number of carboxylic acids is 1. The first kappa shape index (κ1) is 12.0. The second-order valence-corrected chi connectivity index (χ2v) is 5.22. The fraction of sp³-hybridized carbons (Fsp3) is 0.286. The SMILES string of the molecule is CS(=O)(=O)n1cc(C(N)C(=O)O)cc1Cl. The average molecular weight is 253 g/mol. The van der Waals surface area contributed by atoms with Crippen molar-refractivity contribution in [1.82, 2.24) is 3.97 Å². The molecule has 0 saturated carbocycles. The quantitative estimate of drug-likeness (QED) is 0.790. The summed E-state index contributed by atoms with van der Waals surface area (Å²) in [6, 6.07) is -0.0769. The third-order valence-corrected chi connectivity index (χ3v) is 3.15. The molecule has 8 heteroatoms. The van der Waals surface area contributed by atoms with Crippen molar-refractivity contribution in [3.8, 4) is 0 Å². The van der Waals surface area contributed by atoms with Crippen LogP contribution >= 0.6 is 11.6 Å². The molecule has 0 bridgehead atoms. The van der Waals surface area contributed by atoms with Crippen molar-refractivity contribution in [2.45, 2.75) is 6.04 Å². The molecule has 1 aromatic rings. The maximum absolute atomic E-state index is 11.1. The Hall–Kier alpha value is -1.05. The van der Waals surface area contributed by atoms with E-state index in [9.17, 15) is 13.2 Å². The Labute approximate surface area is 91.3 Å². The number of aromatic nitrogens is 1. The predicted molar refractivity (Wildman–Crippen MR) is 54.2 cm³/mol. The molecule has 15 heavy (non-hydrogen) atoms. The molecule has 1 aromatic heterocycles. The van der Waals surface area contributed by atoms with Crippen LogP contribution in [0.3, 0.4) is 0 Å². The Balaban J connectivity index is 3.23. The van der Waals surface area contributed by atoms with Gasteiger partial charge in [0.25, 0.3) is 0 Å². The third-order valence-electron chi connectivity index (χ3n) is 1.75. The van der Waals surface area contributed by atoms with E-state index in [0.717, 1.165) is 16.4 Å². The highest BCUT2D eigenvalue weighted by molar-refractivity contribution is 7.89. The van der Waals surface area contributed by atoms with Gasteiger partial charge in [-0.3, -0.25) is 4.79 Å². The molecular weight excluding hydrogens is 244 g/mol. The number of nitrogens with zero attached hydrogens (tertiary/aromatic N) is 1. The van der Waals surface area contributed by atoms with Crippen molar-refractivity contribution in [2.75, 3.05) is 6.26 Å². The Morgan fingerprint density at radius 1 is 1.67 bits per heavy atom. The van der Waals surface area contributed by atoms with E-state index in [4.69, 9.17) is 22.4 Å². The molecule has 0 amide bonds. The standard InChI is InChI=1S/C7H9ClN2O4S/c1-15(13,14)10-3-4(2-5(10)8)6(9)7(11)12/h2-3,6H,9H2,1H3,(H,11,12). The molecule has 0 radical (unpaired) electrons. The zero-order valence-corrected chi connectivity index (χ0v) is 9.29. The average Bonchev–Trinajstić information content (AvgIpc) is 2.44. The lowest BCUT2D eigenvalue weighted by molar-refractivity contribution is -0.138. The summed E-state index contributed by atoms with van der Waals surface area (Å²) in [6.07, 6.45) is 2.05. The van der Waals surface area contributed by atoms with E-state index in [1.54, 1.807) is 0 Å². The van der Waals surface area contributed by atoms with Crippen LogP contribution in [0.15, 0.2) is 12.3 Å². The van der Waals surface area contributed by atoms with Gasteiger partial charge in [-0.1, -0.05) is 11.6 Å². The molecular formula is C7H9ClN2O4S. The van der Waals surface area contributed by atoms with Gasteiger partial charge in [0.1, 0.15) is 11.2 Å². The van der Waals surface area contributed by atoms with E-state index < -0.39 is 22.0 Å². The van der Waals surface area contributed by atoms with Gasteiger partial charge in [-0.2, -0.15) is 0 Å². The summed E-state index contributed by atoms with van der Waals surface area (Å²) in [6.45, 7) is 0. The first-order valence-electron chi connectivity index (χ1n) is 3.80. The van der Waals surface area contributed by atoms with Crippen LogP contribution in [0.4, 0.5) is 0 Å². The second kappa shape index (κ2) is 3.84. The highest BCUT2D eigenvalue weighted by Gasteiger charge is 2.20. The number of carbonyl (C=O) groups is 1. The van der Waals surface area contributed by atoms with E-state index >= 15 is 0 Å². The van der Waals surface area contributed by atoms with Crippen LogP contribution in [0.5, 0.6) is 0 Å². The van der Waals surface area contributed by atoms with Crippen LogP contribution in [0.2, 0.25) is 5.15 Å². The van der Waals surface area contributed by atoms with E-state index in [1.165, 1.54) is 6.07 Å². The van der Waals surface area contributed by atoms with Gasteiger partial charge >= 0.3 is 5.97 Å². The summed E-state index contributed by atoms with van der Waals surface area (Å²) < 4.78 is 23.1. The number of rotatable bonds is 3. The van der Waals surface area contributed by atoms with Gasteiger partial charge in [0.05, 0.1) is 6.26 Å². The van der Waals surface area contributed by atoms with Crippen molar-refractivity contribution in [3.63, 3.8) is 0 Å². The Morgan fingerprint density at radius 2 is 2.20 bits per heavy atom. The van der Waals surface area contributed by atoms with Crippen LogP contribution < -0.4 is 5.73 Å². The van der Waals surface area contributed by atoms with Gasteiger partial charge in [0.2, 0.25) is 10.0 Å². The lowest BCUT2D eigenvalue weighted by atomic mass is 10.2. The van der Waals surface area contributed by atoms with Gasteiger partial charge in [0, 0.05) is 11.8 Å². The lowest BCUT2D eigenvalue weighted by Gasteiger charge is -2.02. The van der Waals surface area contributed by atoms with Crippen LogP contribution in [-0.2, 0) is 14.8 Å². The van der Waals surface area contributed by atoms with E-state index in [-0.39, 0.29) is 10.7 Å². The molecule has 84 valence electrons. The van der Waals surface area contributed by atoms with Crippen LogP contribution in [0.1, 0.15) is 11.6 Å². The van der Waals surface area contributed by atoms with E-state index in [0.29, 0.717) is 0 Å². The largest absolute Gasteiger partial charge is 0.480 e. The summed E-state index contributed by atoms with van der Waals surface area (Å²) in [5.74, 6) is -1.25. The molecule has 0 spiro atoms. The van der Waals surface area contributed by atoms with Crippen molar-refractivity contribution in [3.05, 3.63) is 23.0 Å². The van der Waals surface area contributed by atoms with Gasteiger partial charge in [-0.15, -0.1) is 0 Å². The number of hydrogen-bond acceptors (Lipinski definition) is 4. The molecule has 1 unspecified atom stereocenters. The molecule has 1 rings (SSSR count). The van der Waals surface area contributed by atoms with Crippen LogP contribution in [-0.4, -0.2) is 29.7 Å². The van der Waals surface area contributed by atoms with Gasteiger partial charge in [0.15, 0.2) is 0 Å². The Kier molecular flexibility index (Phi) is 3.08. The summed E-state index contributed by atoms with van der Waals surface area (Å²) >= 11 is 5.61. The van der Waals surface area contributed by atoms with Crippen molar-refractivity contribution >= 4 is 27.6 Å². The first-order valence-corrected chi connectivity index (χ1v) is 6.03.